The van der Waals surface area contributed by atoms with E-state index in [4.69, 9.17) is 47.4 Å². The van der Waals surface area contributed by atoms with Crippen LogP contribution < -0.4 is 0 Å². The number of hydrogen-bond acceptors (Lipinski definition) is 16. The van der Waals surface area contributed by atoms with E-state index in [2.05, 4.69) is 0 Å². The Bertz CT molecular complexity index is 995. The van der Waals surface area contributed by atoms with E-state index >= 15 is 0 Å². The van der Waals surface area contributed by atoms with Crippen molar-refractivity contribution >= 4 is 35.8 Å². The standard InChI is InChI=1S/C24H32O16/c1-9(25)31-7-15-17(33-10(2)26)19(34-11(3)27)22(37-14(6)30)24(39-15)40-18-16-8-32-23(38-16)21(36-13(5)29)20(18)35-12(4)28/h15-24H,7-8H2,1-6H3/t15-,16-,17+,18-,19+,20+,21-,22-,23?,24+/m1/s1. The van der Waals surface area contributed by atoms with Crippen molar-refractivity contribution in [1.82, 2.24) is 0 Å². The molecule has 16 nitrogen and oxygen atoms in total. The van der Waals surface area contributed by atoms with Crippen LogP contribution in [-0.2, 0) is 76.1 Å². The first-order valence-electron chi connectivity index (χ1n) is 12.3. The highest BCUT2D eigenvalue weighted by Crippen LogP contribution is 2.37. The second-order valence-corrected chi connectivity index (χ2v) is 9.19. The molecule has 2 bridgehead atoms. The van der Waals surface area contributed by atoms with Gasteiger partial charge in [-0.25, -0.2) is 0 Å². The zero-order valence-electron chi connectivity index (χ0n) is 22.7. The molecule has 3 aliphatic heterocycles. The molecule has 0 N–H and O–H groups in total. The minimum atomic E-state index is -1.59. The van der Waals surface area contributed by atoms with Crippen molar-refractivity contribution < 1.29 is 76.1 Å². The summed E-state index contributed by atoms with van der Waals surface area (Å²) >= 11 is 0. The van der Waals surface area contributed by atoms with Gasteiger partial charge >= 0.3 is 35.8 Å². The van der Waals surface area contributed by atoms with Crippen LogP contribution in [0.4, 0.5) is 0 Å². The molecule has 0 aromatic rings. The monoisotopic (exact) mass is 576 g/mol. The van der Waals surface area contributed by atoms with Crippen molar-refractivity contribution in [3.8, 4) is 0 Å². The summed E-state index contributed by atoms with van der Waals surface area (Å²) in [5.41, 5.74) is 0. The minimum Gasteiger partial charge on any atom is -0.463 e. The number of fused-ring (bicyclic) bond motifs is 2. The van der Waals surface area contributed by atoms with E-state index in [0.29, 0.717) is 0 Å². The van der Waals surface area contributed by atoms with Crippen LogP contribution in [0, 0.1) is 0 Å². The highest BCUT2D eigenvalue weighted by molar-refractivity contribution is 5.69. The minimum absolute atomic E-state index is 0.0594. The molecule has 3 fully saturated rings. The van der Waals surface area contributed by atoms with E-state index in [1.165, 1.54) is 0 Å². The lowest BCUT2D eigenvalue weighted by Gasteiger charge is -2.46. The number of rotatable bonds is 9. The van der Waals surface area contributed by atoms with Gasteiger partial charge in [0.05, 0.1) is 6.61 Å². The van der Waals surface area contributed by atoms with Crippen molar-refractivity contribution in [1.29, 1.82) is 0 Å². The van der Waals surface area contributed by atoms with Crippen molar-refractivity contribution in [3.05, 3.63) is 0 Å². The van der Waals surface area contributed by atoms with Gasteiger partial charge in [-0.3, -0.25) is 28.8 Å². The van der Waals surface area contributed by atoms with Gasteiger partial charge in [-0.2, -0.15) is 0 Å². The fourth-order valence-electron chi connectivity index (χ4n) is 4.60. The van der Waals surface area contributed by atoms with Crippen molar-refractivity contribution in [3.63, 3.8) is 0 Å². The lowest BCUT2D eigenvalue weighted by molar-refractivity contribution is -0.340. The third-order valence-corrected chi connectivity index (χ3v) is 5.86. The molecule has 3 heterocycles. The highest BCUT2D eigenvalue weighted by Gasteiger charge is 2.59. The third kappa shape index (κ3) is 7.87. The third-order valence-electron chi connectivity index (χ3n) is 5.86. The molecule has 0 aromatic heterocycles. The smallest absolute Gasteiger partial charge is 0.303 e. The maximum atomic E-state index is 12.1. The second kappa shape index (κ2) is 13.3. The van der Waals surface area contributed by atoms with Crippen molar-refractivity contribution in [2.24, 2.45) is 0 Å². The van der Waals surface area contributed by atoms with E-state index in [1.54, 1.807) is 0 Å². The first-order valence-corrected chi connectivity index (χ1v) is 12.3. The molecule has 3 rings (SSSR count). The molecule has 10 atom stereocenters. The van der Waals surface area contributed by atoms with Crippen LogP contribution in [0.15, 0.2) is 0 Å². The predicted molar refractivity (Wildman–Crippen MR) is 123 cm³/mol. The van der Waals surface area contributed by atoms with Gasteiger partial charge in [0.15, 0.2) is 43.1 Å². The largest absolute Gasteiger partial charge is 0.463 e. The van der Waals surface area contributed by atoms with Crippen LogP contribution in [0.2, 0.25) is 0 Å². The normalized spacial score (nSPS) is 34.6. The van der Waals surface area contributed by atoms with Crippen molar-refractivity contribution in [2.75, 3.05) is 13.2 Å². The van der Waals surface area contributed by atoms with Gasteiger partial charge in [0.1, 0.15) is 24.9 Å². The second-order valence-electron chi connectivity index (χ2n) is 9.19. The van der Waals surface area contributed by atoms with E-state index in [-0.39, 0.29) is 6.61 Å². The highest BCUT2D eigenvalue weighted by atomic mass is 16.8. The lowest BCUT2D eigenvalue weighted by atomic mass is 9.96. The summed E-state index contributed by atoms with van der Waals surface area (Å²) in [5, 5.41) is 0. The quantitative estimate of drug-likeness (QED) is 0.241. The fourth-order valence-corrected chi connectivity index (χ4v) is 4.60. The van der Waals surface area contributed by atoms with Crippen LogP contribution in [0.25, 0.3) is 0 Å². The fraction of sp³-hybridized carbons (Fsp3) is 0.750. The lowest BCUT2D eigenvalue weighted by Crippen LogP contribution is -2.65. The molecule has 40 heavy (non-hydrogen) atoms. The number of carbonyl (C=O) groups excluding carboxylic acids is 6. The molecule has 0 aliphatic carbocycles. The first-order chi connectivity index (χ1) is 18.8. The topological polar surface area (TPSA) is 195 Å². The zero-order valence-corrected chi connectivity index (χ0v) is 22.7. The van der Waals surface area contributed by atoms with Gasteiger partial charge in [-0.15, -0.1) is 0 Å². The molecule has 0 spiro atoms. The van der Waals surface area contributed by atoms with Crippen LogP contribution in [-0.4, -0.2) is 110 Å². The summed E-state index contributed by atoms with van der Waals surface area (Å²) in [6, 6.07) is 0. The van der Waals surface area contributed by atoms with Gasteiger partial charge in [-0.05, 0) is 0 Å². The Balaban J connectivity index is 2.02. The van der Waals surface area contributed by atoms with E-state index < -0.39 is 104 Å². The number of carbonyl (C=O) groups is 6. The zero-order chi connectivity index (χ0) is 29.7. The van der Waals surface area contributed by atoms with Crippen LogP contribution >= 0.6 is 0 Å². The molecule has 224 valence electrons. The Morgan fingerprint density at radius 2 is 1.05 bits per heavy atom. The Kier molecular flexibility index (Phi) is 10.4. The maximum absolute atomic E-state index is 12.1. The summed E-state index contributed by atoms with van der Waals surface area (Å²) in [6.45, 7) is 6.12. The first kappa shape index (κ1) is 31.2. The Morgan fingerprint density at radius 1 is 0.575 bits per heavy atom. The SMILES string of the molecule is CC(=O)OC[C@H]1O[C@@H](O[C@H]2[C@H](OC(C)=O)[C@@H](OC(C)=O)C3OC[C@H]2O3)[C@H](OC(C)=O)[C@@H](OC(C)=O)[C@H]1OC(C)=O. The van der Waals surface area contributed by atoms with Gasteiger partial charge in [0, 0.05) is 41.5 Å². The molecular weight excluding hydrogens is 544 g/mol. The molecule has 0 amide bonds. The molecule has 3 saturated heterocycles. The average Bonchev–Trinajstić information content (AvgIpc) is 3.26. The molecule has 0 radical (unpaired) electrons. The van der Waals surface area contributed by atoms with Gasteiger partial charge < -0.3 is 47.4 Å². The summed E-state index contributed by atoms with van der Waals surface area (Å²) < 4.78 is 55.4. The summed E-state index contributed by atoms with van der Waals surface area (Å²) in [6.07, 6.45) is -13.0. The molecule has 3 aliphatic rings. The molecular formula is C24H32O16. The van der Waals surface area contributed by atoms with Crippen LogP contribution in [0.5, 0.6) is 0 Å². The molecule has 16 heteroatoms. The van der Waals surface area contributed by atoms with Gasteiger partial charge in [0.2, 0.25) is 0 Å². The van der Waals surface area contributed by atoms with Crippen molar-refractivity contribution in [2.45, 2.75) is 103 Å². The maximum Gasteiger partial charge on any atom is 0.303 e. The number of hydrogen-bond donors (Lipinski definition) is 0. The average molecular weight is 577 g/mol. The van der Waals surface area contributed by atoms with E-state index in [9.17, 15) is 28.8 Å². The van der Waals surface area contributed by atoms with Gasteiger partial charge in [0.25, 0.3) is 0 Å². The van der Waals surface area contributed by atoms with Crippen LogP contribution in [0.3, 0.4) is 0 Å². The number of ether oxygens (including phenoxy) is 10. The molecule has 0 saturated carbocycles. The van der Waals surface area contributed by atoms with E-state index in [1.807, 2.05) is 0 Å². The van der Waals surface area contributed by atoms with E-state index in [0.717, 1.165) is 41.5 Å². The predicted octanol–water partition coefficient (Wildman–Crippen LogP) is -0.927. The summed E-state index contributed by atoms with van der Waals surface area (Å²) in [7, 11) is 0. The number of esters is 6. The van der Waals surface area contributed by atoms with Crippen LogP contribution in [0.1, 0.15) is 41.5 Å². The summed E-state index contributed by atoms with van der Waals surface area (Å²) in [4.78, 5) is 71.4. The van der Waals surface area contributed by atoms with Gasteiger partial charge in [-0.1, -0.05) is 0 Å². The Hall–Kier alpha value is -3.34. The summed E-state index contributed by atoms with van der Waals surface area (Å²) in [5.74, 6) is -4.61. The molecule has 1 unspecified atom stereocenters. The Morgan fingerprint density at radius 3 is 1.57 bits per heavy atom. The Labute approximate surface area is 228 Å². The molecule has 0 aromatic carbocycles.